The minimum Gasteiger partial charge on any atom is -0.497 e. The fourth-order valence-electron chi connectivity index (χ4n) is 1.95. The quantitative estimate of drug-likeness (QED) is 0.503. The third kappa shape index (κ3) is 4.63. The fraction of sp³-hybridized carbons (Fsp3) is 0.125. The van der Waals surface area contributed by atoms with Gasteiger partial charge in [-0.15, -0.1) is 0 Å². The van der Waals surface area contributed by atoms with Crippen molar-refractivity contribution in [2.24, 2.45) is 5.10 Å². The van der Waals surface area contributed by atoms with Gasteiger partial charge in [0.15, 0.2) is 0 Å². The van der Waals surface area contributed by atoms with Crippen LogP contribution in [0.4, 0.5) is 5.69 Å². The van der Waals surface area contributed by atoms with Gasteiger partial charge in [0, 0.05) is 11.6 Å². The molecule has 0 heterocycles. The standard InChI is InChI=1S/C16H15N3O4/c1-23-14-7-4-5-12(9-14)11-17-18-16(20)10-13-6-2-3-8-15(13)19(21)22/h2-9,11H,10H2,1H3,(H,18,20). The van der Waals surface area contributed by atoms with Gasteiger partial charge in [0.05, 0.1) is 24.7 Å². The molecule has 1 amide bonds. The van der Waals surface area contributed by atoms with Gasteiger partial charge in [0.25, 0.3) is 5.69 Å². The van der Waals surface area contributed by atoms with Crippen LogP contribution in [0.15, 0.2) is 53.6 Å². The Bertz CT molecular complexity index is 744. The number of hydrogen-bond acceptors (Lipinski definition) is 5. The van der Waals surface area contributed by atoms with Gasteiger partial charge < -0.3 is 4.74 Å². The molecule has 2 aromatic rings. The molecule has 1 N–H and O–H groups in total. The molecule has 2 rings (SSSR count). The molecular weight excluding hydrogens is 298 g/mol. The first kappa shape index (κ1) is 16.2. The van der Waals surface area contributed by atoms with Crippen molar-refractivity contribution in [3.05, 3.63) is 69.8 Å². The third-order valence-electron chi connectivity index (χ3n) is 3.04. The number of nitrogens with one attached hydrogen (secondary N) is 1. The van der Waals surface area contributed by atoms with Gasteiger partial charge in [0.1, 0.15) is 5.75 Å². The van der Waals surface area contributed by atoms with Gasteiger partial charge in [-0.1, -0.05) is 30.3 Å². The number of ether oxygens (including phenoxy) is 1. The summed E-state index contributed by atoms with van der Waals surface area (Å²) < 4.78 is 5.08. The molecule has 0 unspecified atom stereocenters. The topological polar surface area (TPSA) is 93.8 Å². The summed E-state index contributed by atoms with van der Waals surface area (Å²) >= 11 is 0. The molecular formula is C16H15N3O4. The molecule has 0 atom stereocenters. The number of methoxy groups -OCH3 is 1. The Morgan fingerprint density at radius 1 is 1.30 bits per heavy atom. The Labute approximate surface area is 132 Å². The summed E-state index contributed by atoms with van der Waals surface area (Å²) in [6.45, 7) is 0. The predicted octanol–water partition coefficient (Wildman–Crippen LogP) is 2.30. The van der Waals surface area contributed by atoms with Crippen LogP contribution in [0, 0.1) is 10.1 Å². The lowest BCUT2D eigenvalue weighted by atomic mass is 10.1. The maximum absolute atomic E-state index is 11.8. The number of carbonyl (C=O) groups is 1. The Balaban J connectivity index is 1.97. The number of nitro groups is 1. The summed E-state index contributed by atoms with van der Waals surface area (Å²) in [6, 6.07) is 13.3. The number of nitro benzene ring substituents is 1. The van der Waals surface area contributed by atoms with Crippen LogP contribution in [0.3, 0.4) is 0 Å². The SMILES string of the molecule is COc1cccc(C=NNC(=O)Cc2ccccc2[N+](=O)[O-])c1. The maximum Gasteiger partial charge on any atom is 0.273 e. The highest BCUT2D eigenvalue weighted by atomic mass is 16.6. The van der Waals surface area contributed by atoms with E-state index in [-0.39, 0.29) is 12.1 Å². The lowest BCUT2D eigenvalue weighted by Gasteiger charge is -2.02. The first-order valence-corrected chi connectivity index (χ1v) is 6.78. The van der Waals surface area contributed by atoms with Crippen molar-refractivity contribution < 1.29 is 14.5 Å². The molecule has 118 valence electrons. The Morgan fingerprint density at radius 3 is 2.83 bits per heavy atom. The number of benzene rings is 2. The van der Waals surface area contributed by atoms with E-state index in [4.69, 9.17) is 4.74 Å². The van der Waals surface area contributed by atoms with Gasteiger partial charge in [-0.25, -0.2) is 5.43 Å². The number of hydrazone groups is 1. The van der Waals surface area contributed by atoms with E-state index in [9.17, 15) is 14.9 Å². The predicted molar refractivity (Wildman–Crippen MR) is 85.5 cm³/mol. The average Bonchev–Trinajstić information content (AvgIpc) is 2.55. The zero-order valence-electron chi connectivity index (χ0n) is 12.4. The smallest absolute Gasteiger partial charge is 0.273 e. The molecule has 0 aliphatic heterocycles. The van der Waals surface area contributed by atoms with Crippen LogP contribution in [0.5, 0.6) is 5.75 Å². The zero-order chi connectivity index (χ0) is 16.7. The number of amides is 1. The monoisotopic (exact) mass is 313 g/mol. The number of nitrogens with zero attached hydrogens (tertiary/aromatic N) is 2. The fourth-order valence-corrected chi connectivity index (χ4v) is 1.95. The van der Waals surface area contributed by atoms with Gasteiger partial charge in [-0.2, -0.15) is 5.10 Å². The van der Waals surface area contributed by atoms with Crippen LogP contribution in [0.25, 0.3) is 0 Å². The Kier molecular flexibility index (Phi) is 5.40. The summed E-state index contributed by atoms with van der Waals surface area (Å²) in [7, 11) is 1.56. The maximum atomic E-state index is 11.8. The number of carbonyl (C=O) groups excluding carboxylic acids is 1. The molecule has 23 heavy (non-hydrogen) atoms. The first-order valence-electron chi connectivity index (χ1n) is 6.78. The molecule has 0 fully saturated rings. The lowest BCUT2D eigenvalue weighted by molar-refractivity contribution is -0.385. The molecule has 7 nitrogen and oxygen atoms in total. The number of rotatable bonds is 6. The highest BCUT2D eigenvalue weighted by Gasteiger charge is 2.14. The molecule has 0 bridgehead atoms. The van der Waals surface area contributed by atoms with Crippen molar-refractivity contribution in [2.75, 3.05) is 7.11 Å². The van der Waals surface area contributed by atoms with Crippen molar-refractivity contribution >= 4 is 17.8 Å². The summed E-state index contributed by atoms with van der Waals surface area (Å²) in [5.41, 5.74) is 3.37. The van der Waals surface area contributed by atoms with Crippen LogP contribution in [0.1, 0.15) is 11.1 Å². The van der Waals surface area contributed by atoms with Crippen LogP contribution in [-0.2, 0) is 11.2 Å². The van der Waals surface area contributed by atoms with Gasteiger partial charge >= 0.3 is 0 Å². The van der Waals surface area contributed by atoms with E-state index in [0.29, 0.717) is 11.3 Å². The molecule has 0 aliphatic rings. The average molecular weight is 313 g/mol. The van der Waals surface area contributed by atoms with Crippen molar-refractivity contribution in [1.82, 2.24) is 5.43 Å². The first-order chi connectivity index (χ1) is 11.1. The minimum atomic E-state index is -0.512. The Hall–Kier alpha value is -3.22. The summed E-state index contributed by atoms with van der Waals surface area (Å²) in [5, 5.41) is 14.7. The van der Waals surface area contributed by atoms with Crippen molar-refractivity contribution in [1.29, 1.82) is 0 Å². The second kappa shape index (κ2) is 7.69. The normalized spacial score (nSPS) is 10.5. The second-order valence-electron chi connectivity index (χ2n) is 4.63. The van der Waals surface area contributed by atoms with Gasteiger partial charge in [0.2, 0.25) is 5.91 Å². The number of para-hydroxylation sites is 1. The van der Waals surface area contributed by atoms with Crippen molar-refractivity contribution in [3.8, 4) is 5.75 Å². The van der Waals surface area contributed by atoms with E-state index in [1.165, 1.54) is 12.3 Å². The molecule has 0 saturated carbocycles. The van der Waals surface area contributed by atoms with E-state index in [1.54, 1.807) is 49.6 Å². The van der Waals surface area contributed by atoms with E-state index < -0.39 is 10.8 Å². The molecule has 0 spiro atoms. The van der Waals surface area contributed by atoms with Gasteiger partial charge in [-0.3, -0.25) is 14.9 Å². The van der Waals surface area contributed by atoms with Crippen LogP contribution < -0.4 is 10.2 Å². The third-order valence-corrected chi connectivity index (χ3v) is 3.04. The zero-order valence-corrected chi connectivity index (χ0v) is 12.4. The van der Waals surface area contributed by atoms with Crippen molar-refractivity contribution in [2.45, 2.75) is 6.42 Å². The van der Waals surface area contributed by atoms with Crippen LogP contribution >= 0.6 is 0 Å². The Morgan fingerprint density at radius 2 is 2.09 bits per heavy atom. The minimum absolute atomic E-state index is 0.0839. The molecule has 0 aliphatic carbocycles. The largest absolute Gasteiger partial charge is 0.497 e. The van der Waals surface area contributed by atoms with Crippen LogP contribution in [-0.4, -0.2) is 24.2 Å². The van der Waals surface area contributed by atoms with E-state index in [2.05, 4.69) is 10.5 Å². The molecule has 7 heteroatoms. The molecule has 0 aromatic heterocycles. The highest BCUT2D eigenvalue weighted by molar-refractivity contribution is 5.84. The molecule has 0 saturated heterocycles. The summed E-state index contributed by atoms with van der Waals surface area (Å²) in [4.78, 5) is 22.2. The van der Waals surface area contributed by atoms with Crippen LogP contribution in [0.2, 0.25) is 0 Å². The summed E-state index contributed by atoms with van der Waals surface area (Å²) in [6.07, 6.45) is 1.35. The van der Waals surface area contributed by atoms with E-state index in [0.717, 1.165) is 5.56 Å². The molecule has 0 radical (unpaired) electrons. The molecule has 2 aromatic carbocycles. The van der Waals surface area contributed by atoms with E-state index >= 15 is 0 Å². The summed E-state index contributed by atoms with van der Waals surface area (Å²) in [5.74, 6) is 0.249. The van der Waals surface area contributed by atoms with Gasteiger partial charge in [-0.05, 0) is 17.7 Å². The lowest BCUT2D eigenvalue weighted by Crippen LogP contribution is -2.20. The number of hydrogen-bond donors (Lipinski definition) is 1. The second-order valence-corrected chi connectivity index (χ2v) is 4.63. The van der Waals surface area contributed by atoms with E-state index in [1.807, 2.05) is 0 Å². The van der Waals surface area contributed by atoms with Crippen molar-refractivity contribution in [3.63, 3.8) is 0 Å². The highest BCUT2D eigenvalue weighted by Crippen LogP contribution is 2.17.